The number of rotatable bonds is 4. The van der Waals surface area contributed by atoms with Gasteiger partial charge in [0.25, 0.3) is 0 Å². The van der Waals surface area contributed by atoms with Crippen LogP contribution in [0.15, 0.2) is 40.8 Å². The van der Waals surface area contributed by atoms with E-state index in [1.165, 1.54) is 24.3 Å². The lowest BCUT2D eigenvalue weighted by Crippen LogP contribution is -2.07. The molecule has 2 rings (SSSR count). The predicted molar refractivity (Wildman–Crippen MR) is 69.1 cm³/mol. The average molecular weight is 299 g/mol. The van der Waals surface area contributed by atoms with Gasteiger partial charge >= 0.3 is 12.1 Å². The van der Waals surface area contributed by atoms with Crippen LogP contribution in [0.3, 0.4) is 0 Å². The molecule has 0 amide bonds. The zero-order chi connectivity index (χ0) is 15.6. The number of aromatic carboxylic acids is 1. The van der Waals surface area contributed by atoms with Gasteiger partial charge in [0.15, 0.2) is 0 Å². The lowest BCUT2D eigenvalue weighted by molar-refractivity contribution is -0.137. The van der Waals surface area contributed by atoms with E-state index in [0.717, 1.165) is 12.1 Å². The van der Waals surface area contributed by atoms with Crippen LogP contribution in [0.5, 0.6) is 0 Å². The molecule has 0 radical (unpaired) electrons. The van der Waals surface area contributed by atoms with Crippen LogP contribution in [0.4, 0.5) is 18.9 Å². The molecule has 0 aliphatic heterocycles. The second-order valence-electron chi connectivity index (χ2n) is 4.45. The summed E-state index contributed by atoms with van der Waals surface area (Å²) in [5.74, 6) is -0.985. The number of hydrogen-bond acceptors (Lipinski definition) is 3. The van der Waals surface area contributed by atoms with Gasteiger partial charge in [0.2, 0.25) is 5.76 Å². The molecule has 21 heavy (non-hydrogen) atoms. The third-order valence-corrected chi connectivity index (χ3v) is 2.86. The van der Waals surface area contributed by atoms with Crippen molar-refractivity contribution in [1.29, 1.82) is 0 Å². The molecular weight excluding hydrogens is 287 g/mol. The number of carboxylic acids is 1. The molecule has 0 aliphatic rings. The Bertz CT molecular complexity index is 632. The first-order valence-electron chi connectivity index (χ1n) is 6.04. The highest BCUT2D eigenvalue weighted by molar-refractivity contribution is 5.84. The number of furan rings is 1. The first-order valence-corrected chi connectivity index (χ1v) is 6.04. The molecule has 0 fully saturated rings. The van der Waals surface area contributed by atoms with Gasteiger partial charge in [0.1, 0.15) is 5.76 Å². The van der Waals surface area contributed by atoms with Crippen molar-refractivity contribution in [2.75, 3.05) is 5.32 Å². The smallest absolute Gasteiger partial charge is 0.416 e. The minimum absolute atomic E-state index is 0.189. The molecule has 1 atom stereocenters. The molecule has 0 aliphatic carbocycles. The maximum Gasteiger partial charge on any atom is 0.416 e. The van der Waals surface area contributed by atoms with Gasteiger partial charge in [0, 0.05) is 5.69 Å². The van der Waals surface area contributed by atoms with Crippen LogP contribution in [0, 0.1) is 0 Å². The quantitative estimate of drug-likeness (QED) is 0.889. The summed E-state index contributed by atoms with van der Waals surface area (Å²) in [6.45, 7) is 1.71. The van der Waals surface area contributed by atoms with Gasteiger partial charge in [-0.25, -0.2) is 4.79 Å². The number of halogens is 3. The van der Waals surface area contributed by atoms with Crippen molar-refractivity contribution in [3.05, 3.63) is 53.5 Å². The van der Waals surface area contributed by atoms with Crippen LogP contribution in [0.1, 0.15) is 34.8 Å². The summed E-state index contributed by atoms with van der Waals surface area (Å²) >= 11 is 0. The second-order valence-corrected chi connectivity index (χ2v) is 4.45. The molecule has 7 heteroatoms. The fourth-order valence-electron chi connectivity index (χ4n) is 1.78. The van der Waals surface area contributed by atoms with Crippen LogP contribution in [0.2, 0.25) is 0 Å². The zero-order valence-corrected chi connectivity index (χ0v) is 10.9. The maximum atomic E-state index is 12.4. The van der Waals surface area contributed by atoms with E-state index in [2.05, 4.69) is 5.32 Å². The lowest BCUT2D eigenvalue weighted by atomic mass is 10.2. The summed E-state index contributed by atoms with van der Waals surface area (Å²) < 4.78 is 42.4. The van der Waals surface area contributed by atoms with E-state index in [1.54, 1.807) is 6.92 Å². The second kappa shape index (κ2) is 5.51. The number of carbonyl (C=O) groups is 1. The van der Waals surface area contributed by atoms with E-state index < -0.39 is 17.7 Å². The Labute approximate surface area is 118 Å². The zero-order valence-electron chi connectivity index (χ0n) is 10.9. The number of benzene rings is 1. The van der Waals surface area contributed by atoms with Gasteiger partial charge in [-0.05, 0) is 43.3 Å². The molecule has 2 aromatic rings. The van der Waals surface area contributed by atoms with Gasteiger partial charge < -0.3 is 14.8 Å². The largest absolute Gasteiger partial charge is 0.475 e. The van der Waals surface area contributed by atoms with E-state index in [4.69, 9.17) is 9.52 Å². The molecule has 2 N–H and O–H groups in total. The van der Waals surface area contributed by atoms with Crippen molar-refractivity contribution in [2.45, 2.75) is 19.1 Å². The van der Waals surface area contributed by atoms with Crippen molar-refractivity contribution in [2.24, 2.45) is 0 Å². The normalized spacial score (nSPS) is 13.0. The predicted octanol–water partition coefficient (Wildman–Crippen LogP) is 4.17. The highest BCUT2D eigenvalue weighted by Crippen LogP contribution is 2.30. The minimum atomic E-state index is -4.37. The van der Waals surface area contributed by atoms with Crippen LogP contribution in [0.25, 0.3) is 0 Å². The number of alkyl halides is 3. The Balaban J connectivity index is 2.08. The standard InChI is InChI=1S/C14H12F3NO3/c1-8(11-6-7-12(21-11)13(19)20)18-10-4-2-9(3-5-10)14(15,16)17/h2-8,18H,1H3,(H,19,20). The maximum absolute atomic E-state index is 12.4. The molecule has 112 valence electrons. The van der Waals surface area contributed by atoms with Crippen molar-refractivity contribution >= 4 is 11.7 Å². The van der Waals surface area contributed by atoms with E-state index in [-0.39, 0.29) is 11.8 Å². The summed E-state index contributed by atoms with van der Waals surface area (Å²) in [5.41, 5.74) is -0.254. The summed E-state index contributed by atoms with van der Waals surface area (Å²) in [6, 6.07) is 7.00. The van der Waals surface area contributed by atoms with Gasteiger partial charge in [-0.15, -0.1) is 0 Å². The molecule has 0 saturated carbocycles. The van der Waals surface area contributed by atoms with Crippen molar-refractivity contribution in [3.63, 3.8) is 0 Å². The number of hydrogen-bond donors (Lipinski definition) is 2. The summed E-state index contributed by atoms with van der Waals surface area (Å²) in [7, 11) is 0. The number of nitrogens with one attached hydrogen (secondary N) is 1. The first-order chi connectivity index (χ1) is 9.77. The number of carboxylic acid groups (broad SMARTS) is 1. The molecule has 4 nitrogen and oxygen atoms in total. The van der Waals surface area contributed by atoms with Crippen LogP contribution >= 0.6 is 0 Å². The van der Waals surface area contributed by atoms with Crippen molar-refractivity contribution in [3.8, 4) is 0 Å². The van der Waals surface area contributed by atoms with E-state index in [1.807, 2.05) is 0 Å². The summed E-state index contributed by atoms with van der Waals surface area (Å²) in [6.07, 6.45) is -4.37. The van der Waals surface area contributed by atoms with Crippen LogP contribution < -0.4 is 5.32 Å². The molecule has 1 aromatic carbocycles. The Morgan fingerprint density at radius 3 is 2.29 bits per heavy atom. The average Bonchev–Trinajstić information content (AvgIpc) is 2.88. The summed E-state index contributed by atoms with van der Waals surface area (Å²) in [5, 5.41) is 11.7. The summed E-state index contributed by atoms with van der Waals surface area (Å²) in [4.78, 5) is 10.7. The number of anilines is 1. The highest BCUT2D eigenvalue weighted by atomic mass is 19.4. The first kappa shape index (κ1) is 15.0. The molecule has 1 unspecified atom stereocenters. The van der Waals surface area contributed by atoms with Crippen molar-refractivity contribution in [1.82, 2.24) is 0 Å². The van der Waals surface area contributed by atoms with Crippen molar-refractivity contribution < 1.29 is 27.5 Å². The molecule has 0 bridgehead atoms. The fourth-order valence-corrected chi connectivity index (χ4v) is 1.78. The highest BCUT2D eigenvalue weighted by Gasteiger charge is 2.30. The lowest BCUT2D eigenvalue weighted by Gasteiger charge is -2.14. The molecular formula is C14H12F3NO3. The SMILES string of the molecule is CC(Nc1ccc(C(F)(F)F)cc1)c1ccc(C(=O)O)o1. The topological polar surface area (TPSA) is 62.5 Å². The monoisotopic (exact) mass is 299 g/mol. The van der Waals surface area contributed by atoms with Crippen LogP contribution in [-0.2, 0) is 6.18 Å². The Hall–Kier alpha value is -2.44. The van der Waals surface area contributed by atoms with E-state index in [0.29, 0.717) is 11.4 Å². The third-order valence-electron chi connectivity index (χ3n) is 2.86. The van der Waals surface area contributed by atoms with E-state index in [9.17, 15) is 18.0 Å². The molecule has 0 spiro atoms. The molecule has 1 heterocycles. The van der Waals surface area contributed by atoms with Gasteiger partial charge in [0.05, 0.1) is 11.6 Å². The molecule has 0 saturated heterocycles. The van der Waals surface area contributed by atoms with Gasteiger partial charge in [-0.2, -0.15) is 13.2 Å². The van der Waals surface area contributed by atoms with Gasteiger partial charge in [-0.3, -0.25) is 0 Å². The third kappa shape index (κ3) is 3.56. The van der Waals surface area contributed by atoms with Gasteiger partial charge in [-0.1, -0.05) is 0 Å². The Morgan fingerprint density at radius 1 is 1.19 bits per heavy atom. The Kier molecular flexibility index (Phi) is 3.93. The minimum Gasteiger partial charge on any atom is -0.475 e. The fraction of sp³-hybridized carbons (Fsp3) is 0.214. The van der Waals surface area contributed by atoms with E-state index >= 15 is 0 Å². The van der Waals surface area contributed by atoms with Crippen LogP contribution in [-0.4, -0.2) is 11.1 Å². The Morgan fingerprint density at radius 2 is 1.81 bits per heavy atom. The molecule has 1 aromatic heterocycles.